The Morgan fingerprint density at radius 1 is 1.20 bits per heavy atom. The van der Waals surface area contributed by atoms with Gasteiger partial charge in [0.2, 0.25) is 0 Å². The number of aromatic nitrogens is 1. The quantitative estimate of drug-likeness (QED) is 0.594. The highest BCUT2D eigenvalue weighted by Crippen LogP contribution is 2.34. The Hall–Kier alpha value is -1.10. The molecule has 1 aromatic heterocycles. The average Bonchev–Trinajstić information content (AvgIpc) is 2.77. The predicted molar refractivity (Wildman–Crippen MR) is 91.5 cm³/mol. The standard InChI is InChI=1S/C15H12BrClN2S/c1-8-3-4-14-13(5-8)19-15(20-14)18-12-7-11(17)9(2)6-10(12)16/h3-7H,1-2H3,(H,18,19). The minimum absolute atomic E-state index is 0.743. The number of hydrogen-bond donors (Lipinski definition) is 1. The van der Waals surface area contributed by atoms with Gasteiger partial charge in [-0.15, -0.1) is 0 Å². The van der Waals surface area contributed by atoms with Crippen molar-refractivity contribution in [2.75, 3.05) is 5.32 Å². The molecule has 0 bridgehead atoms. The number of benzene rings is 2. The number of thiazole rings is 1. The second-order valence-corrected chi connectivity index (χ2v) is 6.99. The van der Waals surface area contributed by atoms with Crippen LogP contribution in [0.2, 0.25) is 5.02 Å². The van der Waals surface area contributed by atoms with E-state index in [4.69, 9.17) is 11.6 Å². The van der Waals surface area contributed by atoms with E-state index < -0.39 is 0 Å². The summed E-state index contributed by atoms with van der Waals surface area (Å²) in [4.78, 5) is 4.61. The van der Waals surface area contributed by atoms with Crippen LogP contribution in [0, 0.1) is 13.8 Å². The van der Waals surface area contributed by atoms with E-state index in [0.29, 0.717) is 0 Å². The molecule has 20 heavy (non-hydrogen) atoms. The molecule has 3 aromatic rings. The van der Waals surface area contributed by atoms with Gasteiger partial charge in [0, 0.05) is 9.50 Å². The van der Waals surface area contributed by atoms with Crippen LogP contribution in [0.3, 0.4) is 0 Å². The number of fused-ring (bicyclic) bond motifs is 1. The summed E-state index contributed by atoms with van der Waals surface area (Å²) in [5, 5.41) is 4.94. The number of aryl methyl sites for hydroxylation is 2. The lowest BCUT2D eigenvalue weighted by atomic mass is 10.2. The Morgan fingerprint density at radius 3 is 2.80 bits per heavy atom. The van der Waals surface area contributed by atoms with E-state index in [-0.39, 0.29) is 0 Å². The highest BCUT2D eigenvalue weighted by Gasteiger charge is 2.08. The first kappa shape index (κ1) is 13.9. The molecule has 102 valence electrons. The lowest BCUT2D eigenvalue weighted by Gasteiger charge is -2.07. The number of anilines is 2. The molecule has 0 aliphatic carbocycles. The third kappa shape index (κ3) is 2.68. The largest absolute Gasteiger partial charge is 0.331 e. The van der Waals surface area contributed by atoms with E-state index in [2.05, 4.69) is 51.4 Å². The number of hydrogen-bond acceptors (Lipinski definition) is 3. The SMILES string of the molecule is Cc1ccc2sc(Nc3cc(Cl)c(C)cc3Br)nc2c1. The Morgan fingerprint density at radius 2 is 2.00 bits per heavy atom. The van der Waals surface area contributed by atoms with Crippen LogP contribution < -0.4 is 5.32 Å². The van der Waals surface area contributed by atoms with Crippen molar-refractivity contribution in [3.63, 3.8) is 0 Å². The molecule has 2 aromatic carbocycles. The minimum Gasteiger partial charge on any atom is -0.331 e. The monoisotopic (exact) mass is 366 g/mol. The van der Waals surface area contributed by atoms with Crippen molar-refractivity contribution in [3.05, 3.63) is 51.0 Å². The van der Waals surface area contributed by atoms with Crippen LogP contribution in [0.15, 0.2) is 34.8 Å². The van der Waals surface area contributed by atoms with Crippen LogP contribution in [-0.4, -0.2) is 4.98 Å². The van der Waals surface area contributed by atoms with E-state index in [0.717, 1.165) is 31.4 Å². The average molecular weight is 368 g/mol. The fraction of sp³-hybridized carbons (Fsp3) is 0.133. The molecule has 0 saturated carbocycles. The molecule has 0 atom stereocenters. The maximum absolute atomic E-state index is 6.17. The van der Waals surface area contributed by atoms with Gasteiger partial charge in [-0.3, -0.25) is 0 Å². The van der Waals surface area contributed by atoms with E-state index in [1.54, 1.807) is 11.3 Å². The topological polar surface area (TPSA) is 24.9 Å². The van der Waals surface area contributed by atoms with Gasteiger partial charge in [-0.1, -0.05) is 29.0 Å². The Labute approximate surface area is 134 Å². The van der Waals surface area contributed by atoms with E-state index in [9.17, 15) is 0 Å². The summed E-state index contributed by atoms with van der Waals surface area (Å²) >= 11 is 11.4. The molecule has 1 N–H and O–H groups in total. The van der Waals surface area contributed by atoms with Gasteiger partial charge in [0.15, 0.2) is 5.13 Å². The molecular weight excluding hydrogens is 356 g/mol. The van der Waals surface area contributed by atoms with Gasteiger partial charge in [0.25, 0.3) is 0 Å². The molecule has 0 fully saturated rings. The fourth-order valence-corrected chi connectivity index (χ4v) is 3.53. The predicted octanol–water partition coefficient (Wildman–Crippen LogP) is 6.07. The molecule has 5 heteroatoms. The number of rotatable bonds is 2. The highest BCUT2D eigenvalue weighted by atomic mass is 79.9. The van der Waals surface area contributed by atoms with Crippen molar-refractivity contribution in [3.8, 4) is 0 Å². The molecular formula is C15H12BrClN2S. The van der Waals surface area contributed by atoms with Gasteiger partial charge >= 0.3 is 0 Å². The van der Waals surface area contributed by atoms with Crippen molar-refractivity contribution >= 4 is 59.9 Å². The lowest BCUT2D eigenvalue weighted by molar-refractivity contribution is 1.39. The molecule has 0 spiro atoms. The van der Waals surface area contributed by atoms with Crippen LogP contribution in [0.5, 0.6) is 0 Å². The van der Waals surface area contributed by atoms with Crippen molar-refractivity contribution in [2.45, 2.75) is 13.8 Å². The van der Waals surface area contributed by atoms with Crippen LogP contribution in [0.1, 0.15) is 11.1 Å². The third-order valence-electron chi connectivity index (χ3n) is 3.03. The summed E-state index contributed by atoms with van der Waals surface area (Å²) in [6, 6.07) is 10.2. The molecule has 2 nitrogen and oxygen atoms in total. The summed E-state index contributed by atoms with van der Waals surface area (Å²) in [7, 11) is 0. The number of nitrogens with one attached hydrogen (secondary N) is 1. The van der Waals surface area contributed by atoms with Gasteiger partial charge in [-0.25, -0.2) is 4.98 Å². The Bertz CT molecular complexity index is 798. The lowest BCUT2D eigenvalue weighted by Crippen LogP contribution is -1.91. The zero-order chi connectivity index (χ0) is 14.3. The zero-order valence-electron chi connectivity index (χ0n) is 11.0. The molecule has 0 aliphatic rings. The maximum atomic E-state index is 6.17. The van der Waals surface area contributed by atoms with E-state index in [1.807, 2.05) is 19.1 Å². The van der Waals surface area contributed by atoms with Crippen LogP contribution >= 0.6 is 38.9 Å². The second kappa shape index (κ2) is 5.35. The van der Waals surface area contributed by atoms with Crippen molar-refractivity contribution in [2.24, 2.45) is 0 Å². The van der Waals surface area contributed by atoms with Crippen molar-refractivity contribution in [1.29, 1.82) is 0 Å². The molecule has 3 rings (SSSR count). The number of halogens is 2. The normalized spacial score (nSPS) is 11.0. The summed E-state index contributed by atoms with van der Waals surface area (Å²) in [6.07, 6.45) is 0. The molecule has 0 radical (unpaired) electrons. The van der Waals surface area contributed by atoms with Gasteiger partial charge in [0.1, 0.15) is 0 Å². The van der Waals surface area contributed by atoms with Crippen molar-refractivity contribution in [1.82, 2.24) is 4.98 Å². The summed E-state index contributed by atoms with van der Waals surface area (Å²) in [5.74, 6) is 0. The smallest absolute Gasteiger partial charge is 0.188 e. The molecule has 0 amide bonds. The van der Waals surface area contributed by atoms with E-state index in [1.165, 1.54) is 10.3 Å². The van der Waals surface area contributed by atoms with Gasteiger partial charge in [-0.2, -0.15) is 0 Å². The first-order chi connectivity index (χ1) is 9.52. The third-order valence-corrected chi connectivity index (χ3v) is 5.05. The fourth-order valence-electron chi connectivity index (χ4n) is 1.95. The Balaban J connectivity index is 1.99. The van der Waals surface area contributed by atoms with Crippen LogP contribution in [0.25, 0.3) is 10.2 Å². The molecule has 0 unspecified atom stereocenters. The van der Waals surface area contributed by atoms with Crippen molar-refractivity contribution < 1.29 is 0 Å². The highest BCUT2D eigenvalue weighted by molar-refractivity contribution is 9.10. The Kier molecular flexibility index (Phi) is 3.71. The second-order valence-electron chi connectivity index (χ2n) is 4.70. The van der Waals surface area contributed by atoms with Gasteiger partial charge < -0.3 is 5.32 Å². The molecule has 0 saturated heterocycles. The number of nitrogens with zero attached hydrogens (tertiary/aromatic N) is 1. The molecule has 1 heterocycles. The van der Waals surface area contributed by atoms with Gasteiger partial charge in [-0.05, 0) is 65.2 Å². The minimum atomic E-state index is 0.743. The van der Waals surface area contributed by atoms with Gasteiger partial charge in [0.05, 0.1) is 15.9 Å². The first-order valence-corrected chi connectivity index (χ1v) is 8.11. The van der Waals surface area contributed by atoms with E-state index >= 15 is 0 Å². The first-order valence-electron chi connectivity index (χ1n) is 6.13. The maximum Gasteiger partial charge on any atom is 0.188 e. The van der Waals surface area contributed by atoms with Crippen LogP contribution in [-0.2, 0) is 0 Å². The molecule has 0 aliphatic heterocycles. The summed E-state index contributed by atoms with van der Waals surface area (Å²) < 4.78 is 2.15. The summed E-state index contributed by atoms with van der Waals surface area (Å²) in [6.45, 7) is 4.06. The summed E-state index contributed by atoms with van der Waals surface area (Å²) in [5.41, 5.74) is 4.21. The zero-order valence-corrected chi connectivity index (χ0v) is 14.2. The van der Waals surface area contributed by atoms with Crippen LogP contribution in [0.4, 0.5) is 10.8 Å².